The number of rotatable bonds is 3. The molecule has 7 nitrogen and oxygen atoms in total. The molecule has 17 heavy (non-hydrogen) atoms. The molecule has 2 aromatic rings. The zero-order chi connectivity index (χ0) is 12.4. The Morgan fingerprint density at radius 2 is 2.00 bits per heavy atom. The summed E-state index contributed by atoms with van der Waals surface area (Å²) in [6.45, 7) is 6.14. The van der Waals surface area contributed by atoms with Crippen LogP contribution in [-0.2, 0) is 6.54 Å². The number of nitrogens with one attached hydrogen (secondary N) is 1. The fourth-order valence-corrected chi connectivity index (χ4v) is 1.62. The van der Waals surface area contributed by atoms with Crippen molar-refractivity contribution in [2.75, 3.05) is 5.43 Å². The van der Waals surface area contributed by atoms with Gasteiger partial charge < -0.3 is 5.43 Å². The van der Waals surface area contributed by atoms with E-state index < -0.39 is 0 Å². The van der Waals surface area contributed by atoms with E-state index in [2.05, 4.69) is 25.5 Å². The van der Waals surface area contributed by atoms with Crippen LogP contribution in [0.25, 0.3) is 0 Å². The largest absolute Gasteiger partial charge is 0.308 e. The Morgan fingerprint density at radius 1 is 1.24 bits per heavy atom. The van der Waals surface area contributed by atoms with E-state index in [0.717, 1.165) is 17.3 Å². The summed E-state index contributed by atoms with van der Waals surface area (Å²) in [6, 6.07) is 1.78. The van der Waals surface area contributed by atoms with E-state index in [1.807, 2.05) is 20.8 Å². The van der Waals surface area contributed by atoms with Crippen LogP contribution in [0, 0.1) is 20.8 Å². The molecule has 0 amide bonds. The predicted octanol–water partition coefficient (Wildman–Crippen LogP) is 0.327. The highest BCUT2D eigenvalue weighted by Gasteiger charge is 2.07. The van der Waals surface area contributed by atoms with Gasteiger partial charge in [0.15, 0.2) is 5.82 Å². The predicted molar refractivity (Wildman–Crippen MR) is 63.2 cm³/mol. The van der Waals surface area contributed by atoms with Gasteiger partial charge in [0, 0.05) is 11.8 Å². The van der Waals surface area contributed by atoms with Gasteiger partial charge in [0.05, 0.1) is 0 Å². The first-order valence-electron chi connectivity index (χ1n) is 5.27. The van der Waals surface area contributed by atoms with E-state index in [1.165, 1.54) is 0 Å². The standard InChI is InChI=1S/C10H15N7/c1-6-4-9(15-11)14-10(12-6)5-17-8(3)13-7(2)16-17/h4H,5,11H2,1-3H3,(H,12,14,15). The highest BCUT2D eigenvalue weighted by molar-refractivity contribution is 5.33. The summed E-state index contributed by atoms with van der Waals surface area (Å²) < 4.78 is 1.77. The van der Waals surface area contributed by atoms with Gasteiger partial charge in [-0.2, -0.15) is 5.10 Å². The van der Waals surface area contributed by atoms with E-state index in [-0.39, 0.29) is 0 Å². The van der Waals surface area contributed by atoms with E-state index >= 15 is 0 Å². The van der Waals surface area contributed by atoms with Crippen molar-refractivity contribution in [1.29, 1.82) is 0 Å². The van der Waals surface area contributed by atoms with Crippen LogP contribution in [0.15, 0.2) is 6.07 Å². The molecule has 3 N–H and O–H groups in total. The molecule has 0 aliphatic carbocycles. The Hall–Kier alpha value is -2.02. The SMILES string of the molecule is Cc1cc(NN)nc(Cn2nc(C)nc2C)n1. The van der Waals surface area contributed by atoms with Gasteiger partial charge in [-0.25, -0.2) is 25.5 Å². The van der Waals surface area contributed by atoms with Crippen LogP contribution in [0.2, 0.25) is 0 Å². The zero-order valence-electron chi connectivity index (χ0n) is 10.1. The Kier molecular flexibility index (Phi) is 3.01. The molecule has 0 aliphatic rings. The molecule has 90 valence electrons. The third-order valence-corrected chi connectivity index (χ3v) is 2.30. The van der Waals surface area contributed by atoms with Crippen molar-refractivity contribution in [2.24, 2.45) is 5.84 Å². The summed E-state index contributed by atoms with van der Waals surface area (Å²) in [5, 5.41) is 4.26. The normalized spacial score (nSPS) is 10.6. The van der Waals surface area contributed by atoms with E-state index in [4.69, 9.17) is 5.84 Å². The molecular formula is C10H15N7. The molecule has 2 rings (SSSR count). The number of nitrogen functional groups attached to an aromatic ring is 1. The van der Waals surface area contributed by atoms with Gasteiger partial charge >= 0.3 is 0 Å². The summed E-state index contributed by atoms with van der Waals surface area (Å²) in [4.78, 5) is 12.8. The van der Waals surface area contributed by atoms with Crippen LogP contribution in [0.5, 0.6) is 0 Å². The van der Waals surface area contributed by atoms with Gasteiger partial charge in [-0.1, -0.05) is 0 Å². The van der Waals surface area contributed by atoms with Gasteiger partial charge in [0.1, 0.15) is 24.0 Å². The fourth-order valence-electron chi connectivity index (χ4n) is 1.62. The number of hydrazine groups is 1. The first kappa shape index (κ1) is 11.5. The number of anilines is 1. The smallest absolute Gasteiger partial charge is 0.152 e. The van der Waals surface area contributed by atoms with Gasteiger partial charge in [0.25, 0.3) is 0 Å². The molecule has 0 aromatic carbocycles. The number of aromatic nitrogens is 5. The number of hydrogen-bond acceptors (Lipinski definition) is 6. The average Bonchev–Trinajstić information content (AvgIpc) is 2.56. The lowest BCUT2D eigenvalue weighted by atomic mass is 10.4. The second-order valence-electron chi connectivity index (χ2n) is 3.82. The van der Waals surface area contributed by atoms with Gasteiger partial charge in [-0.3, -0.25) is 0 Å². The fraction of sp³-hybridized carbons (Fsp3) is 0.400. The summed E-state index contributed by atoms with van der Waals surface area (Å²) in [5.74, 6) is 8.18. The van der Waals surface area contributed by atoms with E-state index in [0.29, 0.717) is 18.2 Å². The molecule has 0 unspecified atom stereocenters. The highest BCUT2D eigenvalue weighted by Crippen LogP contribution is 2.06. The number of aryl methyl sites for hydroxylation is 3. The third-order valence-electron chi connectivity index (χ3n) is 2.30. The average molecular weight is 233 g/mol. The molecule has 2 heterocycles. The van der Waals surface area contributed by atoms with Crippen molar-refractivity contribution in [3.63, 3.8) is 0 Å². The third kappa shape index (κ3) is 2.56. The van der Waals surface area contributed by atoms with Crippen LogP contribution in [0.4, 0.5) is 5.82 Å². The maximum Gasteiger partial charge on any atom is 0.152 e. The molecule has 0 radical (unpaired) electrons. The van der Waals surface area contributed by atoms with Crippen LogP contribution in [-0.4, -0.2) is 24.7 Å². The number of hydrogen-bond donors (Lipinski definition) is 2. The summed E-state index contributed by atoms with van der Waals surface area (Å²) in [6.07, 6.45) is 0. The molecule has 0 spiro atoms. The Bertz CT molecular complexity index is 531. The molecule has 0 saturated heterocycles. The van der Waals surface area contributed by atoms with Crippen LogP contribution < -0.4 is 11.3 Å². The topological polar surface area (TPSA) is 94.5 Å². The minimum Gasteiger partial charge on any atom is -0.308 e. The molecule has 0 saturated carbocycles. The second-order valence-corrected chi connectivity index (χ2v) is 3.82. The van der Waals surface area contributed by atoms with Crippen molar-refractivity contribution < 1.29 is 0 Å². The van der Waals surface area contributed by atoms with Crippen molar-refractivity contribution >= 4 is 5.82 Å². The Morgan fingerprint density at radius 3 is 2.59 bits per heavy atom. The molecule has 0 aliphatic heterocycles. The van der Waals surface area contributed by atoms with Gasteiger partial charge in [-0.05, 0) is 20.8 Å². The number of nitrogens with two attached hydrogens (primary N) is 1. The molecule has 7 heteroatoms. The second kappa shape index (κ2) is 4.46. The quantitative estimate of drug-likeness (QED) is 0.586. The number of nitrogens with zero attached hydrogens (tertiary/aromatic N) is 5. The first-order chi connectivity index (χ1) is 8.08. The molecular weight excluding hydrogens is 218 g/mol. The minimum absolute atomic E-state index is 0.489. The molecule has 0 atom stereocenters. The van der Waals surface area contributed by atoms with Crippen LogP contribution in [0.1, 0.15) is 23.2 Å². The van der Waals surface area contributed by atoms with Crippen molar-refractivity contribution in [3.05, 3.63) is 29.2 Å². The maximum atomic E-state index is 5.34. The van der Waals surface area contributed by atoms with Gasteiger partial charge in [0.2, 0.25) is 0 Å². The summed E-state index contributed by atoms with van der Waals surface area (Å²) >= 11 is 0. The lowest BCUT2D eigenvalue weighted by Gasteiger charge is -2.06. The van der Waals surface area contributed by atoms with E-state index in [9.17, 15) is 0 Å². The van der Waals surface area contributed by atoms with Crippen molar-refractivity contribution in [3.8, 4) is 0 Å². The van der Waals surface area contributed by atoms with Crippen molar-refractivity contribution in [2.45, 2.75) is 27.3 Å². The van der Waals surface area contributed by atoms with Crippen molar-refractivity contribution in [1.82, 2.24) is 24.7 Å². The summed E-state index contributed by atoms with van der Waals surface area (Å²) in [7, 11) is 0. The van der Waals surface area contributed by atoms with Crippen LogP contribution >= 0.6 is 0 Å². The zero-order valence-corrected chi connectivity index (χ0v) is 10.1. The Balaban J connectivity index is 2.29. The molecule has 0 bridgehead atoms. The lowest BCUT2D eigenvalue weighted by Crippen LogP contribution is -2.13. The molecule has 0 fully saturated rings. The first-order valence-corrected chi connectivity index (χ1v) is 5.27. The Labute approximate surface area is 99.1 Å². The summed E-state index contributed by atoms with van der Waals surface area (Å²) in [5.41, 5.74) is 3.38. The minimum atomic E-state index is 0.489. The maximum absolute atomic E-state index is 5.34. The molecule has 2 aromatic heterocycles. The highest BCUT2D eigenvalue weighted by atomic mass is 15.4. The lowest BCUT2D eigenvalue weighted by molar-refractivity contribution is 0.628. The van der Waals surface area contributed by atoms with Gasteiger partial charge in [-0.15, -0.1) is 0 Å². The van der Waals surface area contributed by atoms with E-state index in [1.54, 1.807) is 10.7 Å². The monoisotopic (exact) mass is 233 g/mol. The van der Waals surface area contributed by atoms with Crippen LogP contribution in [0.3, 0.4) is 0 Å².